The lowest BCUT2D eigenvalue weighted by molar-refractivity contribution is -0.125. The van der Waals surface area contributed by atoms with E-state index in [1.54, 1.807) is 24.3 Å². The van der Waals surface area contributed by atoms with Gasteiger partial charge in [0.15, 0.2) is 0 Å². The van der Waals surface area contributed by atoms with Crippen LogP contribution in [0.2, 0.25) is 0 Å². The van der Waals surface area contributed by atoms with Crippen molar-refractivity contribution in [2.24, 2.45) is 5.73 Å². The van der Waals surface area contributed by atoms with E-state index in [0.29, 0.717) is 17.8 Å². The quantitative estimate of drug-likeness (QED) is 0.214. The molecule has 8 heteroatoms. The van der Waals surface area contributed by atoms with Crippen LogP contribution in [0, 0.1) is 5.41 Å². The number of benzene rings is 3. The monoisotopic (exact) mass is 479 g/mol. The van der Waals surface area contributed by atoms with Crippen LogP contribution in [0.4, 0.5) is 5.69 Å². The number of nitrogens with two attached hydrogens (primary N) is 1. The molecule has 0 heterocycles. The van der Waals surface area contributed by atoms with E-state index in [4.69, 9.17) is 11.1 Å². The number of hydrogen-bond donors (Lipinski definition) is 5. The largest absolute Gasteiger partial charge is 0.384 e. The molecule has 7 nitrogen and oxygen atoms in total. The molecule has 0 radical (unpaired) electrons. The van der Waals surface area contributed by atoms with Crippen molar-refractivity contribution in [2.75, 3.05) is 25.0 Å². The smallest absolute Gasteiger partial charge is 0.239 e. The van der Waals surface area contributed by atoms with Gasteiger partial charge in [-0.05, 0) is 29.7 Å². The average Bonchev–Trinajstić information content (AvgIpc) is 2.85. The van der Waals surface area contributed by atoms with Gasteiger partial charge in [-0.3, -0.25) is 15.0 Å². The number of carbonyl (C=O) groups is 2. The maximum atomic E-state index is 12.2. The summed E-state index contributed by atoms with van der Waals surface area (Å²) in [5, 5.41) is 15.9. The van der Waals surface area contributed by atoms with Gasteiger partial charge in [-0.15, -0.1) is 12.4 Å². The SMILES string of the molecule is Cl.N=C(N)c1cccc(NCC(=O)NCC(=O)NCCC(c2ccccc2)c2ccccc2)c1. The minimum Gasteiger partial charge on any atom is -0.384 e. The van der Waals surface area contributed by atoms with Crippen LogP contribution in [0.5, 0.6) is 0 Å². The van der Waals surface area contributed by atoms with E-state index < -0.39 is 0 Å². The second-order valence-electron chi connectivity index (χ2n) is 7.64. The third-order valence-corrected chi connectivity index (χ3v) is 5.23. The fourth-order valence-electron chi connectivity index (χ4n) is 3.54. The predicted molar refractivity (Wildman–Crippen MR) is 139 cm³/mol. The molecule has 3 aromatic carbocycles. The molecule has 0 atom stereocenters. The molecular formula is C26H30ClN5O2. The van der Waals surface area contributed by atoms with Gasteiger partial charge in [0, 0.05) is 23.7 Å². The molecule has 0 aromatic heterocycles. The Balaban J connectivity index is 0.00000408. The molecule has 0 saturated heterocycles. The van der Waals surface area contributed by atoms with Gasteiger partial charge in [-0.2, -0.15) is 0 Å². The second kappa shape index (κ2) is 13.6. The van der Waals surface area contributed by atoms with Gasteiger partial charge < -0.3 is 21.7 Å². The summed E-state index contributed by atoms with van der Waals surface area (Å²) >= 11 is 0. The Hall–Kier alpha value is -3.84. The highest BCUT2D eigenvalue weighted by Crippen LogP contribution is 2.27. The zero-order valence-corrected chi connectivity index (χ0v) is 19.6. The molecule has 0 aliphatic heterocycles. The zero-order valence-electron chi connectivity index (χ0n) is 18.8. The van der Waals surface area contributed by atoms with Crippen molar-refractivity contribution in [3.05, 3.63) is 102 Å². The third kappa shape index (κ3) is 8.26. The van der Waals surface area contributed by atoms with Crippen LogP contribution >= 0.6 is 12.4 Å². The minimum atomic E-state index is -0.301. The first-order valence-corrected chi connectivity index (χ1v) is 10.8. The highest BCUT2D eigenvalue weighted by Gasteiger charge is 2.14. The minimum absolute atomic E-state index is 0. The number of carbonyl (C=O) groups excluding carboxylic acids is 2. The van der Waals surface area contributed by atoms with Gasteiger partial charge >= 0.3 is 0 Å². The van der Waals surface area contributed by atoms with Crippen molar-refractivity contribution >= 4 is 35.7 Å². The summed E-state index contributed by atoms with van der Waals surface area (Å²) in [6.45, 7) is 0.424. The van der Waals surface area contributed by atoms with Gasteiger partial charge in [0.05, 0.1) is 13.1 Å². The van der Waals surface area contributed by atoms with Crippen molar-refractivity contribution < 1.29 is 9.59 Å². The molecule has 0 aliphatic rings. The van der Waals surface area contributed by atoms with Crippen molar-refractivity contribution in [3.8, 4) is 0 Å². The van der Waals surface area contributed by atoms with E-state index in [9.17, 15) is 9.59 Å². The van der Waals surface area contributed by atoms with E-state index in [1.807, 2.05) is 36.4 Å². The molecule has 0 bridgehead atoms. The van der Waals surface area contributed by atoms with Crippen molar-refractivity contribution in [2.45, 2.75) is 12.3 Å². The first-order chi connectivity index (χ1) is 16.0. The van der Waals surface area contributed by atoms with Crippen LogP contribution in [0.3, 0.4) is 0 Å². The van der Waals surface area contributed by atoms with Gasteiger partial charge in [-0.1, -0.05) is 72.8 Å². The molecule has 178 valence electrons. The van der Waals surface area contributed by atoms with Crippen molar-refractivity contribution in [1.29, 1.82) is 5.41 Å². The Morgan fingerprint density at radius 2 is 1.38 bits per heavy atom. The van der Waals surface area contributed by atoms with Gasteiger partial charge in [0.2, 0.25) is 11.8 Å². The number of halogens is 1. The van der Waals surface area contributed by atoms with E-state index in [2.05, 4.69) is 40.2 Å². The topological polar surface area (TPSA) is 120 Å². The summed E-state index contributed by atoms with van der Waals surface area (Å²) in [5.41, 5.74) is 9.13. The predicted octanol–water partition coefficient (Wildman–Crippen LogP) is 3.26. The molecule has 3 rings (SSSR count). The number of amidine groups is 1. The fraction of sp³-hybridized carbons (Fsp3) is 0.192. The molecule has 2 amide bonds. The Morgan fingerprint density at radius 3 is 1.97 bits per heavy atom. The Morgan fingerprint density at radius 1 is 0.794 bits per heavy atom. The Kier molecular flexibility index (Phi) is 10.6. The summed E-state index contributed by atoms with van der Waals surface area (Å²) in [7, 11) is 0. The lowest BCUT2D eigenvalue weighted by Crippen LogP contribution is -2.39. The summed E-state index contributed by atoms with van der Waals surface area (Å²) in [5.74, 6) is -0.398. The van der Waals surface area contributed by atoms with Crippen LogP contribution < -0.4 is 21.7 Å². The van der Waals surface area contributed by atoms with E-state index in [0.717, 1.165) is 6.42 Å². The third-order valence-electron chi connectivity index (χ3n) is 5.23. The maximum absolute atomic E-state index is 12.2. The molecule has 0 aliphatic carbocycles. The van der Waals surface area contributed by atoms with Gasteiger partial charge in [-0.25, -0.2) is 0 Å². The van der Waals surface area contributed by atoms with Crippen molar-refractivity contribution in [3.63, 3.8) is 0 Å². The number of nitrogen functional groups attached to an aromatic ring is 1. The molecule has 0 unspecified atom stereocenters. The lowest BCUT2D eigenvalue weighted by Gasteiger charge is -2.18. The Bertz CT molecular complexity index is 1040. The number of anilines is 1. The summed E-state index contributed by atoms with van der Waals surface area (Å²) in [6, 6.07) is 27.4. The molecule has 0 fully saturated rings. The maximum Gasteiger partial charge on any atom is 0.239 e. The lowest BCUT2D eigenvalue weighted by atomic mass is 9.88. The number of rotatable bonds is 11. The molecule has 0 saturated carbocycles. The van der Waals surface area contributed by atoms with Crippen LogP contribution in [-0.4, -0.2) is 37.3 Å². The standard InChI is InChI=1S/C26H29N5O2.ClH/c27-26(28)21-12-7-13-22(16-21)30-17-25(33)31-18-24(32)29-15-14-23(19-8-3-1-4-9-19)20-10-5-2-6-11-20;/h1-13,16,23,30H,14-15,17-18H2,(H3,27,28)(H,29,32)(H,31,33);1H. The van der Waals surface area contributed by atoms with E-state index >= 15 is 0 Å². The summed E-state index contributed by atoms with van der Waals surface area (Å²) in [6.07, 6.45) is 0.752. The highest BCUT2D eigenvalue weighted by atomic mass is 35.5. The first-order valence-electron chi connectivity index (χ1n) is 10.8. The second-order valence-corrected chi connectivity index (χ2v) is 7.64. The summed E-state index contributed by atoms with van der Waals surface area (Å²) in [4.78, 5) is 24.3. The number of amides is 2. The number of hydrogen-bond acceptors (Lipinski definition) is 4. The molecule has 0 spiro atoms. The normalized spacial score (nSPS) is 10.1. The van der Waals surface area contributed by atoms with Gasteiger partial charge in [0.25, 0.3) is 0 Å². The fourth-order valence-corrected chi connectivity index (χ4v) is 3.54. The van der Waals surface area contributed by atoms with Gasteiger partial charge in [0.1, 0.15) is 5.84 Å². The molecule has 3 aromatic rings. The number of nitrogens with one attached hydrogen (secondary N) is 4. The van der Waals surface area contributed by atoms with Crippen LogP contribution in [0.15, 0.2) is 84.9 Å². The van der Waals surface area contributed by atoms with Crippen LogP contribution in [-0.2, 0) is 9.59 Å². The van der Waals surface area contributed by atoms with E-state index in [-0.39, 0.29) is 49.1 Å². The van der Waals surface area contributed by atoms with Crippen molar-refractivity contribution in [1.82, 2.24) is 10.6 Å². The summed E-state index contributed by atoms with van der Waals surface area (Å²) < 4.78 is 0. The zero-order chi connectivity index (χ0) is 23.5. The Labute approximate surface area is 206 Å². The average molecular weight is 480 g/mol. The highest BCUT2D eigenvalue weighted by molar-refractivity contribution is 5.96. The van der Waals surface area contributed by atoms with E-state index in [1.165, 1.54) is 11.1 Å². The first kappa shape index (κ1) is 26.4. The molecule has 34 heavy (non-hydrogen) atoms. The van der Waals surface area contributed by atoms with Crippen LogP contribution in [0.1, 0.15) is 29.0 Å². The van der Waals surface area contributed by atoms with Crippen LogP contribution in [0.25, 0.3) is 0 Å². The molecule has 6 N–H and O–H groups in total. The molecular weight excluding hydrogens is 450 g/mol.